The third kappa shape index (κ3) is 3.92. The highest BCUT2D eigenvalue weighted by Crippen LogP contribution is 2.17. The van der Waals surface area contributed by atoms with E-state index in [0.29, 0.717) is 12.0 Å². The van der Waals surface area contributed by atoms with E-state index >= 15 is 0 Å². The molecule has 0 bridgehead atoms. The van der Waals surface area contributed by atoms with E-state index in [1.807, 2.05) is 38.2 Å². The van der Waals surface area contributed by atoms with E-state index in [4.69, 9.17) is 0 Å². The zero-order valence-electron chi connectivity index (χ0n) is 13.5. The molecule has 0 radical (unpaired) electrons. The maximum absolute atomic E-state index is 12.5. The summed E-state index contributed by atoms with van der Waals surface area (Å²) < 4.78 is 1.66. The fourth-order valence-corrected chi connectivity index (χ4v) is 2.54. The van der Waals surface area contributed by atoms with Crippen LogP contribution in [0.5, 0.6) is 0 Å². The first-order valence-electron chi connectivity index (χ1n) is 7.43. The van der Waals surface area contributed by atoms with Crippen LogP contribution in [-0.4, -0.2) is 21.3 Å². The Kier molecular flexibility index (Phi) is 5.07. The van der Waals surface area contributed by atoms with Crippen molar-refractivity contribution in [3.8, 4) is 6.07 Å². The molecule has 0 aliphatic carbocycles. The van der Waals surface area contributed by atoms with Gasteiger partial charge in [-0.25, -0.2) is 0 Å². The molecule has 1 aromatic heterocycles. The monoisotopic (exact) mass is 309 g/mol. The molecule has 0 spiro atoms. The number of ketones is 2. The summed E-state index contributed by atoms with van der Waals surface area (Å²) in [6, 6.07) is 7.24. The minimum atomic E-state index is -1.24. The fraction of sp³-hybridized carbons (Fsp3) is 0.333. The van der Waals surface area contributed by atoms with Crippen LogP contribution in [0.2, 0.25) is 0 Å². The van der Waals surface area contributed by atoms with E-state index in [9.17, 15) is 14.9 Å². The number of aromatic nitrogens is 2. The number of aryl methyl sites for hydroxylation is 4. The van der Waals surface area contributed by atoms with Crippen LogP contribution in [-0.2, 0) is 18.3 Å². The van der Waals surface area contributed by atoms with Crippen molar-refractivity contribution in [3.63, 3.8) is 0 Å². The van der Waals surface area contributed by atoms with Crippen LogP contribution in [0.15, 0.2) is 30.6 Å². The van der Waals surface area contributed by atoms with Crippen LogP contribution >= 0.6 is 0 Å². The van der Waals surface area contributed by atoms with E-state index in [1.165, 1.54) is 0 Å². The summed E-state index contributed by atoms with van der Waals surface area (Å²) in [6.07, 6.45) is 4.13. The molecule has 23 heavy (non-hydrogen) atoms. The average molecular weight is 309 g/mol. The Morgan fingerprint density at radius 1 is 1.35 bits per heavy atom. The van der Waals surface area contributed by atoms with E-state index in [0.717, 1.165) is 16.7 Å². The van der Waals surface area contributed by atoms with Crippen molar-refractivity contribution in [2.75, 3.05) is 0 Å². The molecule has 2 aromatic rings. The van der Waals surface area contributed by atoms with Crippen molar-refractivity contribution in [1.29, 1.82) is 5.26 Å². The Labute approximate surface area is 135 Å². The van der Waals surface area contributed by atoms with Crippen molar-refractivity contribution >= 4 is 11.6 Å². The Bertz CT molecular complexity index is 784. The summed E-state index contributed by atoms with van der Waals surface area (Å²) >= 11 is 0. The number of rotatable bonds is 6. The van der Waals surface area contributed by atoms with Gasteiger partial charge in [0.15, 0.2) is 17.5 Å². The molecule has 0 aliphatic rings. The largest absolute Gasteiger partial charge is 0.298 e. The predicted molar refractivity (Wildman–Crippen MR) is 85.9 cm³/mol. The number of Topliss-reactive ketones (excluding diaryl/α,β-unsaturated/α-hetero) is 2. The van der Waals surface area contributed by atoms with Gasteiger partial charge in [-0.1, -0.05) is 23.8 Å². The van der Waals surface area contributed by atoms with Gasteiger partial charge in [0, 0.05) is 25.2 Å². The SMILES string of the molecule is Cc1ccc(C(=O)C(C#N)C(=O)CCc2cnn(C)c2)c(C)c1. The normalized spacial score (nSPS) is 11.7. The lowest BCUT2D eigenvalue weighted by molar-refractivity contribution is -0.120. The molecular weight excluding hydrogens is 290 g/mol. The van der Waals surface area contributed by atoms with Gasteiger partial charge in [0.05, 0.1) is 12.3 Å². The number of nitriles is 1. The van der Waals surface area contributed by atoms with Gasteiger partial charge >= 0.3 is 0 Å². The predicted octanol–water partition coefficient (Wildman–Crippen LogP) is 2.56. The van der Waals surface area contributed by atoms with Crippen molar-refractivity contribution in [2.45, 2.75) is 26.7 Å². The molecule has 0 fully saturated rings. The first kappa shape index (κ1) is 16.6. The molecule has 0 aliphatic heterocycles. The van der Waals surface area contributed by atoms with Gasteiger partial charge < -0.3 is 0 Å². The molecule has 0 amide bonds. The number of benzene rings is 1. The van der Waals surface area contributed by atoms with Crippen LogP contribution in [0.25, 0.3) is 0 Å². The maximum atomic E-state index is 12.5. The molecule has 1 aromatic carbocycles. The highest BCUT2D eigenvalue weighted by Gasteiger charge is 2.28. The summed E-state index contributed by atoms with van der Waals surface area (Å²) in [6.45, 7) is 3.75. The first-order chi connectivity index (χ1) is 10.9. The zero-order valence-corrected chi connectivity index (χ0v) is 13.5. The molecule has 0 saturated carbocycles. The Morgan fingerprint density at radius 3 is 2.65 bits per heavy atom. The van der Waals surface area contributed by atoms with E-state index in [-0.39, 0.29) is 12.2 Å². The molecule has 1 unspecified atom stereocenters. The molecule has 1 atom stereocenters. The molecule has 5 heteroatoms. The van der Waals surface area contributed by atoms with Crippen molar-refractivity contribution < 1.29 is 9.59 Å². The highest BCUT2D eigenvalue weighted by molar-refractivity contribution is 6.13. The van der Waals surface area contributed by atoms with Crippen LogP contribution in [0.4, 0.5) is 0 Å². The van der Waals surface area contributed by atoms with Gasteiger partial charge in [0.1, 0.15) is 0 Å². The number of carbonyl (C=O) groups excluding carboxylic acids is 2. The number of hydrogen-bond acceptors (Lipinski definition) is 4. The van der Waals surface area contributed by atoms with Crippen molar-refractivity contribution in [3.05, 3.63) is 52.8 Å². The van der Waals surface area contributed by atoms with E-state index < -0.39 is 11.7 Å². The minimum Gasteiger partial charge on any atom is -0.298 e. The summed E-state index contributed by atoms with van der Waals surface area (Å²) in [5.74, 6) is -2.00. The minimum absolute atomic E-state index is 0.153. The molecule has 1 heterocycles. The Morgan fingerprint density at radius 2 is 2.09 bits per heavy atom. The van der Waals surface area contributed by atoms with Gasteiger partial charge in [-0.2, -0.15) is 10.4 Å². The summed E-state index contributed by atoms with van der Waals surface area (Å²) in [7, 11) is 1.80. The molecule has 0 saturated heterocycles. The van der Waals surface area contributed by atoms with Crippen LogP contribution < -0.4 is 0 Å². The molecule has 0 N–H and O–H groups in total. The van der Waals surface area contributed by atoms with Crippen LogP contribution in [0, 0.1) is 31.1 Å². The lowest BCUT2D eigenvalue weighted by atomic mass is 9.89. The van der Waals surface area contributed by atoms with Gasteiger partial charge in [-0.3, -0.25) is 14.3 Å². The van der Waals surface area contributed by atoms with E-state index in [1.54, 1.807) is 24.0 Å². The summed E-state index contributed by atoms with van der Waals surface area (Å²) in [5.41, 5.74) is 3.18. The fourth-order valence-electron chi connectivity index (χ4n) is 2.54. The molecule has 118 valence electrons. The second kappa shape index (κ2) is 7.01. The Hall–Kier alpha value is -2.74. The number of hydrogen-bond donors (Lipinski definition) is 0. The van der Waals surface area contributed by atoms with Gasteiger partial charge in [-0.15, -0.1) is 0 Å². The first-order valence-corrected chi connectivity index (χ1v) is 7.43. The van der Waals surface area contributed by atoms with Crippen molar-refractivity contribution in [1.82, 2.24) is 9.78 Å². The van der Waals surface area contributed by atoms with Gasteiger partial charge in [0.25, 0.3) is 0 Å². The Balaban J connectivity index is 2.10. The summed E-state index contributed by atoms with van der Waals surface area (Å²) in [5, 5.41) is 13.3. The van der Waals surface area contributed by atoms with Crippen LogP contribution in [0.1, 0.15) is 33.5 Å². The third-order valence-electron chi connectivity index (χ3n) is 3.78. The maximum Gasteiger partial charge on any atom is 0.187 e. The van der Waals surface area contributed by atoms with Crippen LogP contribution in [0.3, 0.4) is 0 Å². The molecule has 2 rings (SSSR count). The van der Waals surface area contributed by atoms with Crippen molar-refractivity contribution in [2.24, 2.45) is 13.0 Å². The zero-order chi connectivity index (χ0) is 17.0. The smallest absolute Gasteiger partial charge is 0.187 e. The third-order valence-corrected chi connectivity index (χ3v) is 3.78. The average Bonchev–Trinajstić information content (AvgIpc) is 2.91. The highest BCUT2D eigenvalue weighted by atomic mass is 16.1. The number of nitrogens with zero attached hydrogens (tertiary/aromatic N) is 3. The summed E-state index contributed by atoms with van der Waals surface area (Å²) in [4.78, 5) is 24.8. The molecule has 5 nitrogen and oxygen atoms in total. The van der Waals surface area contributed by atoms with E-state index in [2.05, 4.69) is 5.10 Å². The number of carbonyl (C=O) groups is 2. The van der Waals surface area contributed by atoms with Gasteiger partial charge in [-0.05, 0) is 31.4 Å². The second-order valence-electron chi connectivity index (χ2n) is 5.73. The lowest BCUT2D eigenvalue weighted by Crippen LogP contribution is -2.24. The quantitative estimate of drug-likeness (QED) is 0.607. The molecular formula is C18H19N3O2. The standard InChI is InChI=1S/C18H19N3O2/c1-12-4-6-15(13(2)8-12)18(23)16(9-19)17(22)7-5-14-10-20-21(3)11-14/h4,6,8,10-11,16H,5,7H2,1-3H3. The van der Waals surface area contributed by atoms with Gasteiger partial charge in [0.2, 0.25) is 0 Å². The second-order valence-corrected chi connectivity index (χ2v) is 5.73. The topological polar surface area (TPSA) is 75.8 Å². The lowest BCUT2D eigenvalue weighted by Gasteiger charge is -2.10.